The molecule has 0 spiro atoms. The lowest BCUT2D eigenvalue weighted by Crippen LogP contribution is -2.32. The number of anilines is 2. The third-order valence-electron chi connectivity index (χ3n) is 4.88. The summed E-state index contributed by atoms with van der Waals surface area (Å²) in [6, 6.07) is 5.02. The number of aryl methyl sites for hydroxylation is 1. The van der Waals surface area contributed by atoms with Crippen LogP contribution in [0.25, 0.3) is 0 Å². The first-order valence-corrected chi connectivity index (χ1v) is 11.8. The maximum absolute atomic E-state index is 13.1. The molecule has 182 valence electrons. The van der Waals surface area contributed by atoms with Crippen LogP contribution in [-0.4, -0.2) is 56.2 Å². The van der Waals surface area contributed by atoms with Crippen molar-refractivity contribution in [2.75, 3.05) is 36.9 Å². The molecule has 0 radical (unpaired) electrons. The number of benzene rings is 1. The highest BCUT2D eigenvalue weighted by Gasteiger charge is 2.30. The van der Waals surface area contributed by atoms with Crippen molar-refractivity contribution in [3.63, 3.8) is 0 Å². The summed E-state index contributed by atoms with van der Waals surface area (Å²) >= 11 is 0. The molecule has 0 atom stereocenters. The van der Waals surface area contributed by atoms with Gasteiger partial charge in [-0.25, -0.2) is 8.42 Å². The molecule has 33 heavy (non-hydrogen) atoms. The highest BCUT2D eigenvalue weighted by molar-refractivity contribution is 7.89. The van der Waals surface area contributed by atoms with Gasteiger partial charge in [-0.15, -0.1) is 0 Å². The van der Waals surface area contributed by atoms with Crippen LogP contribution in [0.4, 0.5) is 24.7 Å². The van der Waals surface area contributed by atoms with Crippen LogP contribution >= 0.6 is 0 Å². The topological polar surface area (TPSA) is 114 Å². The van der Waals surface area contributed by atoms with Crippen LogP contribution in [0.1, 0.15) is 31.4 Å². The summed E-state index contributed by atoms with van der Waals surface area (Å²) in [5.41, 5.74) is 0.492. The molecule has 0 bridgehead atoms. The molecule has 1 saturated heterocycles. The molecule has 1 aliphatic rings. The number of hydrogen-bond acceptors (Lipinski definition) is 7. The molecule has 1 aromatic heterocycles. The number of carbonyl (C=O) groups is 1. The predicted molar refractivity (Wildman–Crippen MR) is 114 cm³/mol. The Balaban J connectivity index is 1.80. The number of rotatable bonds is 8. The molecule has 2 heterocycles. The molecule has 1 amide bonds. The van der Waals surface area contributed by atoms with Gasteiger partial charge in [0.1, 0.15) is 5.75 Å². The van der Waals surface area contributed by atoms with E-state index in [0.29, 0.717) is 18.8 Å². The summed E-state index contributed by atoms with van der Waals surface area (Å²) in [4.78, 5) is 12.1. The number of amides is 1. The van der Waals surface area contributed by atoms with Crippen LogP contribution in [0, 0.1) is 6.92 Å². The van der Waals surface area contributed by atoms with Gasteiger partial charge in [-0.1, -0.05) is 18.0 Å². The smallest absolute Gasteiger partial charge is 0.422 e. The van der Waals surface area contributed by atoms with E-state index in [-0.39, 0.29) is 28.8 Å². The zero-order valence-electron chi connectivity index (χ0n) is 17.9. The fourth-order valence-corrected chi connectivity index (χ4v) is 4.85. The largest absolute Gasteiger partial charge is 0.482 e. The summed E-state index contributed by atoms with van der Waals surface area (Å²) in [6.07, 6.45) is -1.25. The molecule has 2 aromatic rings. The first kappa shape index (κ1) is 24.8. The number of aromatic nitrogens is 1. The van der Waals surface area contributed by atoms with Crippen molar-refractivity contribution in [1.29, 1.82) is 0 Å². The Morgan fingerprint density at radius 3 is 2.48 bits per heavy atom. The van der Waals surface area contributed by atoms with Crippen LogP contribution in [0.2, 0.25) is 0 Å². The van der Waals surface area contributed by atoms with Gasteiger partial charge < -0.3 is 14.6 Å². The number of hydrogen-bond donors (Lipinski definition) is 2. The number of nitrogens with zero attached hydrogens (tertiary/aromatic N) is 2. The molecule has 1 fully saturated rings. The average molecular weight is 491 g/mol. The number of sulfonamides is 1. The van der Waals surface area contributed by atoms with Gasteiger partial charge in [-0.05, 0) is 38.0 Å². The Hall–Kier alpha value is -2.80. The summed E-state index contributed by atoms with van der Waals surface area (Å²) in [5.74, 6) is -0.704. The zero-order valence-corrected chi connectivity index (χ0v) is 18.8. The van der Waals surface area contributed by atoms with E-state index in [4.69, 9.17) is 9.26 Å². The number of ether oxygens (including phenoxy) is 1. The lowest BCUT2D eigenvalue weighted by molar-refractivity contribution is -0.153. The molecule has 0 aliphatic carbocycles. The van der Waals surface area contributed by atoms with Crippen molar-refractivity contribution in [2.45, 2.75) is 43.7 Å². The molecule has 0 saturated carbocycles. The Labute approximate surface area is 189 Å². The third-order valence-corrected chi connectivity index (χ3v) is 6.77. The fourth-order valence-electron chi connectivity index (χ4n) is 3.30. The number of nitrogens with one attached hydrogen (secondary N) is 2. The van der Waals surface area contributed by atoms with Gasteiger partial charge in [-0.3, -0.25) is 10.1 Å². The normalized spacial score (nSPS) is 15.6. The van der Waals surface area contributed by atoms with Crippen LogP contribution < -0.4 is 15.4 Å². The van der Waals surface area contributed by atoms with E-state index < -0.39 is 28.7 Å². The van der Waals surface area contributed by atoms with Crippen LogP contribution in [-0.2, 0) is 14.8 Å². The number of halogens is 3. The standard InChI is InChI=1S/C20H25F3N4O5S/c1-14-10-19(32-26-14)25-18(28)12-24-16-11-15(6-7-17(16)31-13-20(21,22)23)33(29,30)27-8-4-2-3-5-9-27/h6-7,10-11,24H,2-5,8-9,12-13H2,1H3,(H,25,28). The Kier molecular flexibility index (Phi) is 7.84. The number of carbonyl (C=O) groups excluding carboxylic acids is 1. The van der Waals surface area contributed by atoms with Crippen LogP contribution in [0.15, 0.2) is 33.7 Å². The van der Waals surface area contributed by atoms with Gasteiger partial charge in [-0.2, -0.15) is 17.5 Å². The van der Waals surface area contributed by atoms with Crippen LogP contribution in [0.3, 0.4) is 0 Å². The van der Waals surface area contributed by atoms with E-state index >= 15 is 0 Å². The van der Waals surface area contributed by atoms with E-state index in [1.165, 1.54) is 22.5 Å². The van der Waals surface area contributed by atoms with E-state index in [1.54, 1.807) is 6.92 Å². The molecule has 1 aromatic carbocycles. The Morgan fingerprint density at radius 1 is 1.18 bits per heavy atom. The van der Waals surface area contributed by atoms with Crippen molar-refractivity contribution < 1.29 is 35.6 Å². The first-order chi connectivity index (χ1) is 15.5. The fraction of sp³-hybridized carbons (Fsp3) is 0.500. The zero-order chi connectivity index (χ0) is 24.1. The molecule has 1 aliphatic heterocycles. The van der Waals surface area contributed by atoms with E-state index in [1.807, 2.05) is 0 Å². The molecule has 13 heteroatoms. The second-order valence-electron chi connectivity index (χ2n) is 7.61. The second-order valence-corrected chi connectivity index (χ2v) is 9.55. The Bertz CT molecular complexity index is 1060. The molecule has 2 N–H and O–H groups in total. The summed E-state index contributed by atoms with van der Waals surface area (Å²) in [6.45, 7) is 0.462. The van der Waals surface area contributed by atoms with E-state index in [2.05, 4.69) is 15.8 Å². The van der Waals surface area contributed by atoms with Crippen molar-refractivity contribution in [2.24, 2.45) is 0 Å². The monoisotopic (exact) mass is 490 g/mol. The van der Waals surface area contributed by atoms with Gasteiger partial charge in [0, 0.05) is 19.2 Å². The summed E-state index contributed by atoms with van der Waals surface area (Å²) < 4.78 is 75.2. The van der Waals surface area contributed by atoms with Gasteiger partial charge in [0.2, 0.25) is 21.8 Å². The first-order valence-electron chi connectivity index (χ1n) is 10.4. The maximum atomic E-state index is 13.1. The average Bonchev–Trinajstić information content (AvgIpc) is 2.98. The van der Waals surface area contributed by atoms with Crippen molar-refractivity contribution >= 4 is 27.5 Å². The SMILES string of the molecule is Cc1cc(NC(=O)CNc2cc(S(=O)(=O)N3CCCCCC3)ccc2OCC(F)(F)F)on1. The lowest BCUT2D eigenvalue weighted by atomic mass is 10.2. The highest BCUT2D eigenvalue weighted by atomic mass is 32.2. The maximum Gasteiger partial charge on any atom is 0.422 e. The van der Waals surface area contributed by atoms with Gasteiger partial charge in [0.15, 0.2) is 6.61 Å². The Morgan fingerprint density at radius 2 is 1.88 bits per heavy atom. The minimum Gasteiger partial charge on any atom is -0.482 e. The van der Waals surface area contributed by atoms with Crippen molar-refractivity contribution in [3.05, 3.63) is 30.0 Å². The number of alkyl halides is 3. The summed E-state index contributed by atoms with van der Waals surface area (Å²) in [5, 5.41) is 8.72. The molecular formula is C20H25F3N4O5S. The lowest BCUT2D eigenvalue weighted by Gasteiger charge is -2.21. The molecular weight excluding hydrogens is 465 g/mol. The van der Waals surface area contributed by atoms with E-state index in [9.17, 15) is 26.4 Å². The quantitative estimate of drug-likeness (QED) is 0.582. The molecule has 3 rings (SSSR count). The minimum atomic E-state index is -4.59. The van der Waals surface area contributed by atoms with E-state index in [0.717, 1.165) is 31.7 Å². The van der Waals surface area contributed by atoms with Gasteiger partial charge in [0.25, 0.3) is 0 Å². The van der Waals surface area contributed by atoms with Crippen molar-refractivity contribution in [1.82, 2.24) is 9.46 Å². The molecule has 9 nitrogen and oxygen atoms in total. The van der Waals surface area contributed by atoms with Gasteiger partial charge >= 0.3 is 6.18 Å². The highest BCUT2D eigenvalue weighted by Crippen LogP contribution is 2.31. The third kappa shape index (κ3) is 7.09. The van der Waals surface area contributed by atoms with Crippen LogP contribution in [0.5, 0.6) is 5.75 Å². The minimum absolute atomic E-state index is 0.0564. The second kappa shape index (κ2) is 10.4. The predicted octanol–water partition coefficient (Wildman–Crippen LogP) is 3.54. The summed E-state index contributed by atoms with van der Waals surface area (Å²) in [7, 11) is -3.86. The molecule has 0 unspecified atom stereocenters. The van der Waals surface area contributed by atoms with Crippen molar-refractivity contribution in [3.8, 4) is 5.75 Å². The van der Waals surface area contributed by atoms with Gasteiger partial charge in [0.05, 0.1) is 22.8 Å².